The van der Waals surface area contributed by atoms with Crippen LogP contribution in [0.4, 0.5) is 26.4 Å². The Hall–Kier alpha value is -3.00. The summed E-state index contributed by atoms with van der Waals surface area (Å²) in [5.41, 5.74) is 6.25. The molecule has 0 aliphatic rings. The zero-order valence-electron chi connectivity index (χ0n) is 12.7. The fourth-order valence-electron chi connectivity index (χ4n) is 1.96. The minimum atomic E-state index is -0.465. The minimum absolute atomic E-state index is 0.0107. The van der Waals surface area contributed by atoms with Gasteiger partial charge in [0.2, 0.25) is 11.9 Å². The molecular weight excluding hydrogens is 352 g/mol. The van der Waals surface area contributed by atoms with Crippen LogP contribution in [0, 0.1) is 11.6 Å². The van der Waals surface area contributed by atoms with Crippen molar-refractivity contribution in [2.24, 2.45) is 0 Å². The number of nitrogens with zero attached hydrogens (tertiary/aromatic N) is 3. The van der Waals surface area contributed by atoms with Gasteiger partial charge in [0.15, 0.2) is 5.82 Å². The summed E-state index contributed by atoms with van der Waals surface area (Å²) in [6, 6.07) is 9.43. The monoisotopic (exact) mass is 363 g/mol. The number of hydrogen-bond donors (Lipinski definition) is 2. The average Bonchev–Trinajstić information content (AvgIpc) is 2.56. The number of nitrogen functional groups attached to an aromatic ring is 1. The van der Waals surface area contributed by atoms with E-state index in [9.17, 15) is 8.78 Å². The SMILES string of the molecule is Nc1nc(COc2ccc(F)cc2Cl)nc(Nc2ccc(F)cc2)n1. The first-order valence-electron chi connectivity index (χ1n) is 7.10. The highest BCUT2D eigenvalue weighted by molar-refractivity contribution is 6.32. The third-order valence-electron chi connectivity index (χ3n) is 3.05. The molecular formula is C16H12ClF2N5O. The highest BCUT2D eigenvalue weighted by atomic mass is 35.5. The maximum Gasteiger partial charge on any atom is 0.232 e. The Kier molecular flexibility index (Phi) is 4.90. The van der Waals surface area contributed by atoms with Crippen molar-refractivity contribution in [2.45, 2.75) is 6.61 Å². The molecule has 0 spiro atoms. The number of benzene rings is 2. The molecule has 2 aromatic carbocycles. The topological polar surface area (TPSA) is 86.0 Å². The highest BCUT2D eigenvalue weighted by Crippen LogP contribution is 2.25. The van der Waals surface area contributed by atoms with Crippen molar-refractivity contribution in [3.63, 3.8) is 0 Å². The van der Waals surface area contributed by atoms with E-state index in [4.69, 9.17) is 22.1 Å². The van der Waals surface area contributed by atoms with Crippen LogP contribution in [0.1, 0.15) is 5.82 Å². The van der Waals surface area contributed by atoms with E-state index in [-0.39, 0.29) is 40.9 Å². The second kappa shape index (κ2) is 7.27. The van der Waals surface area contributed by atoms with Gasteiger partial charge in [-0.25, -0.2) is 8.78 Å². The van der Waals surface area contributed by atoms with Gasteiger partial charge in [-0.2, -0.15) is 15.0 Å². The molecule has 0 aliphatic heterocycles. The molecule has 0 radical (unpaired) electrons. The summed E-state index contributed by atoms with van der Waals surface area (Å²) in [5.74, 6) is -0.113. The molecule has 3 aromatic rings. The first-order valence-corrected chi connectivity index (χ1v) is 7.48. The van der Waals surface area contributed by atoms with Crippen molar-refractivity contribution in [3.05, 3.63) is 64.9 Å². The standard InChI is InChI=1S/C16H12ClF2N5O/c17-12-7-10(19)3-6-13(12)25-8-14-22-15(20)24-16(23-14)21-11-4-1-9(18)2-5-11/h1-7H,8H2,(H3,20,21,22,23,24). The molecule has 0 bridgehead atoms. The molecule has 0 amide bonds. The van der Waals surface area contributed by atoms with Gasteiger partial charge in [-0.1, -0.05) is 11.6 Å². The van der Waals surface area contributed by atoms with E-state index in [1.807, 2.05) is 0 Å². The lowest BCUT2D eigenvalue weighted by Gasteiger charge is -2.09. The number of anilines is 3. The van der Waals surface area contributed by atoms with Gasteiger partial charge in [-0.05, 0) is 42.5 Å². The van der Waals surface area contributed by atoms with Crippen LogP contribution >= 0.6 is 11.6 Å². The molecule has 1 heterocycles. The molecule has 6 nitrogen and oxygen atoms in total. The summed E-state index contributed by atoms with van der Waals surface area (Å²) < 4.78 is 31.4. The summed E-state index contributed by atoms with van der Waals surface area (Å²) in [7, 11) is 0. The minimum Gasteiger partial charge on any atom is -0.484 e. The second-order valence-electron chi connectivity index (χ2n) is 4.93. The van der Waals surface area contributed by atoms with Crippen LogP contribution < -0.4 is 15.8 Å². The van der Waals surface area contributed by atoms with Gasteiger partial charge in [-0.15, -0.1) is 0 Å². The average molecular weight is 364 g/mol. The Morgan fingerprint density at radius 2 is 1.72 bits per heavy atom. The van der Waals surface area contributed by atoms with E-state index < -0.39 is 5.82 Å². The van der Waals surface area contributed by atoms with E-state index in [1.165, 1.54) is 36.4 Å². The van der Waals surface area contributed by atoms with Crippen LogP contribution in [-0.4, -0.2) is 15.0 Å². The quantitative estimate of drug-likeness (QED) is 0.718. The van der Waals surface area contributed by atoms with Crippen LogP contribution in [0.5, 0.6) is 5.75 Å². The lowest BCUT2D eigenvalue weighted by atomic mass is 10.3. The Labute approximate surface area is 146 Å². The zero-order chi connectivity index (χ0) is 17.8. The van der Waals surface area contributed by atoms with E-state index >= 15 is 0 Å². The maximum absolute atomic E-state index is 13.0. The van der Waals surface area contributed by atoms with Crippen LogP contribution in [0.15, 0.2) is 42.5 Å². The third kappa shape index (κ3) is 4.51. The smallest absolute Gasteiger partial charge is 0.232 e. The molecule has 25 heavy (non-hydrogen) atoms. The molecule has 0 unspecified atom stereocenters. The number of hydrogen-bond acceptors (Lipinski definition) is 6. The summed E-state index contributed by atoms with van der Waals surface area (Å²) in [4.78, 5) is 12.1. The predicted molar refractivity (Wildman–Crippen MR) is 89.7 cm³/mol. The van der Waals surface area contributed by atoms with Gasteiger partial charge >= 0.3 is 0 Å². The first-order chi connectivity index (χ1) is 12.0. The first kappa shape index (κ1) is 16.8. The van der Waals surface area contributed by atoms with Crippen LogP contribution in [0.3, 0.4) is 0 Å². The van der Waals surface area contributed by atoms with Gasteiger partial charge in [0, 0.05) is 5.69 Å². The maximum atomic E-state index is 13.0. The normalized spacial score (nSPS) is 10.5. The summed E-state index contributed by atoms with van der Waals surface area (Å²) in [6.45, 7) is -0.0455. The molecule has 0 saturated heterocycles. The van der Waals surface area contributed by atoms with Crippen molar-refractivity contribution in [1.29, 1.82) is 0 Å². The van der Waals surface area contributed by atoms with Crippen LogP contribution in [-0.2, 0) is 6.61 Å². The van der Waals surface area contributed by atoms with Crippen molar-refractivity contribution < 1.29 is 13.5 Å². The largest absolute Gasteiger partial charge is 0.484 e. The van der Waals surface area contributed by atoms with Gasteiger partial charge in [-0.3, -0.25) is 0 Å². The zero-order valence-corrected chi connectivity index (χ0v) is 13.5. The van der Waals surface area contributed by atoms with Crippen molar-refractivity contribution in [2.75, 3.05) is 11.1 Å². The number of halogens is 3. The van der Waals surface area contributed by atoms with Crippen molar-refractivity contribution in [3.8, 4) is 5.75 Å². The molecule has 3 N–H and O–H groups in total. The summed E-state index contributed by atoms with van der Waals surface area (Å²) >= 11 is 5.89. The fraction of sp³-hybridized carbons (Fsp3) is 0.0625. The molecule has 3 rings (SSSR count). The number of rotatable bonds is 5. The molecule has 9 heteroatoms. The Balaban J connectivity index is 1.73. The lowest BCUT2D eigenvalue weighted by Crippen LogP contribution is -2.09. The number of aromatic nitrogens is 3. The van der Waals surface area contributed by atoms with E-state index in [2.05, 4.69) is 20.3 Å². The van der Waals surface area contributed by atoms with E-state index in [0.29, 0.717) is 5.69 Å². The molecule has 0 aliphatic carbocycles. The predicted octanol–water partition coefficient (Wildman–Crippen LogP) is 3.71. The second-order valence-corrected chi connectivity index (χ2v) is 5.34. The molecule has 1 aromatic heterocycles. The number of ether oxygens (including phenoxy) is 1. The Morgan fingerprint density at radius 3 is 2.44 bits per heavy atom. The van der Waals surface area contributed by atoms with Crippen molar-refractivity contribution in [1.82, 2.24) is 15.0 Å². The number of nitrogens with one attached hydrogen (secondary N) is 1. The van der Waals surface area contributed by atoms with Crippen LogP contribution in [0.2, 0.25) is 5.02 Å². The van der Waals surface area contributed by atoms with Gasteiger partial charge < -0.3 is 15.8 Å². The van der Waals surface area contributed by atoms with Gasteiger partial charge in [0.05, 0.1) is 5.02 Å². The van der Waals surface area contributed by atoms with Crippen molar-refractivity contribution >= 4 is 29.2 Å². The fourth-order valence-corrected chi connectivity index (χ4v) is 2.18. The Morgan fingerprint density at radius 1 is 1.00 bits per heavy atom. The summed E-state index contributed by atoms with van der Waals surface area (Å²) in [6.07, 6.45) is 0. The van der Waals surface area contributed by atoms with Gasteiger partial charge in [0.1, 0.15) is 24.0 Å². The van der Waals surface area contributed by atoms with E-state index in [1.54, 1.807) is 0 Å². The summed E-state index contributed by atoms with van der Waals surface area (Å²) in [5, 5.41) is 3.02. The van der Waals surface area contributed by atoms with Gasteiger partial charge in [0.25, 0.3) is 0 Å². The lowest BCUT2D eigenvalue weighted by molar-refractivity contribution is 0.295. The number of nitrogens with two attached hydrogens (primary N) is 1. The molecule has 0 fully saturated rings. The van der Waals surface area contributed by atoms with Crippen LogP contribution in [0.25, 0.3) is 0 Å². The molecule has 128 valence electrons. The van der Waals surface area contributed by atoms with E-state index in [0.717, 1.165) is 6.07 Å². The third-order valence-corrected chi connectivity index (χ3v) is 3.35. The molecule has 0 atom stereocenters. The molecule has 0 saturated carbocycles. The Bertz CT molecular complexity index is 892. The highest BCUT2D eigenvalue weighted by Gasteiger charge is 2.08.